The lowest BCUT2D eigenvalue weighted by atomic mass is 10.0. The molecule has 0 spiro atoms. The van der Waals surface area contributed by atoms with Crippen LogP contribution < -0.4 is 0 Å². The lowest BCUT2D eigenvalue weighted by Crippen LogP contribution is -2.38. The van der Waals surface area contributed by atoms with Gasteiger partial charge in [-0.15, -0.1) is 0 Å². The van der Waals surface area contributed by atoms with Gasteiger partial charge in [-0.1, -0.05) is 24.6 Å². The third-order valence-corrected chi connectivity index (χ3v) is 2.43. The fourth-order valence-corrected chi connectivity index (χ4v) is 1.77. The third kappa shape index (κ3) is 2.84. The van der Waals surface area contributed by atoms with E-state index in [-0.39, 0.29) is 0 Å². The zero-order chi connectivity index (χ0) is 8.27. The Morgan fingerprint density at radius 1 is 1.64 bits per heavy atom. The second-order valence-corrected chi connectivity index (χ2v) is 3.87. The molecule has 1 atom stereocenters. The quantitative estimate of drug-likeness (QED) is 0.621. The van der Waals surface area contributed by atoms with Crippen LogP contribution in [0.5, 0.6) is 0 Å². The van der Waals surface area contributed by atoms with Crippen LogP contribution in [-0.2, 0) is 0 Å². The summed E-state index contributed by atoms with van der Waals surface area (Å²) in [5, 5.41) is 0.763. The minimum Gasteiger partial charge on any atom is -0.296 e. The van der Waals surface area contributed by atoms with Gasteiger partial charge in [-0.25, -0.2) is 0 Å². The summed E-state index contributed by atoms with van der Waals surface area (Å²) in [5.41, 5.74) is 0. The highest BCUT2D eigenvalue weighted by Gasteiger charge is 2.17. The van der Waals surface area contributed by atoms with Gasteiger partial charge in [0.1, 0.15) is 0 Å². The molecule has 0 bridgehead atoms. The third-order valence-electron chi connectivity index (χ3n) is 2.32. The predicted octanol–water partition coefficient (Wildman–Crippen LogP) is 2.61. The van der Waals surface area contributed by atoms with Crippen molar-refractivity contribution in [3.63, 3.8) is 0 Å². The molecule has 0 amide bonds. The molecule has 1 heterocycles. The lowest BCUT2D eigenvalue weighted by Gasteiger charge is -2.32. The largest absolute Gasteiger partial charge is 0.296 e. The van der Waals surface area contributed by atoms with Gasteiger partial charge in [0.15, 0.2) is 0 Å². The summed E-state index contributed by atoms with van der Waals surface area (Å²) < 4.78 is 0. The molecule has 2 heteroatoms. The Morgan fingerprint density at radius 3 is 2.91 bits per heavy atom. The van der Waals surface area contributed by atoms with Crippen molar-refractivity contribution >= 4 is 11.6 Å². The fraction of sp³-hybridized carbons (Fsp3) is 0.778. The Labute approximate surface area is 74.0 Å². The molecule has 11 heavy (non-hydrogen) atoms. The van der Waals surface area contributed by atoms with Crippen molar-refractivity contribution in [3.8, 4) is 0 Å². The molecular weight excluding hydrogens is 158 g/mol. The Morgan fingerprint density at radius 2 is 2.36 bits per heavy atom. The maximum absolute atomic E-state index is 5.74. The molecule has 0 aromatic heterocycles. The van der Waals surface area contributed by atoms with Crippen LogP contribution in [0.3, 0.4) is 0 Å². The Kier molecular flexibility index (Phi) is 3.41. The molecule has 1 fully saturated rings. The van der Waals surface area contributed by atoms with Crippen molar-refractivity contribution in [1.82, 2.24) is 4.90 Å². The molecule has 1 aliphatic heterocycles. The molecule has 0 aromatic rings. The van der Waals surface area contributed by atoms with Crippen molar-refractivity contribution < 1.29 is 0 Å². The second kappa shape index (κ2) is 4.13. The van der Waals surface area contributed by atoms with E-state index in [9.17, 15) is 0 Å². The van der Waals surface area contributed by atoms with Crippen LogP contribution in [-0.4, -0.2) is 24.0 Å². The summed E-state index contributed by atoms with van der Waals surface area (Å²) in [6.45, 7) is 8.02. The van der Waals surface area contributed by atoms with Gasteiger partial charge < -0.3 is 0 Å². The Bertz CT molecular complexity index is 144. The van der Waals surface area contributed by atoms with E-state index in [0.29, 0.717) is 6.04 Å². The van der Waals surface area contributed by atoms with E-state index in [0.717, 1.165) is 11.6 Å². The first-order valence-electron chi connectivity index (χ1n) is 4.27. The van der Waals surface area contributed by atoms with Gasteiger partial charge in [-0.2, -0.15) is 0 Å². The van der Waals surface area contributed by atoms with Crippen LogP contribution in [0.4, 0.5) is 0 Å². The van der Waals surface area contributed by atoms with E-state index in [2.05, 4.69) is 18.4 Å². The maximum atomic E-state index is 5.74. The van der Waals surface area contributed by atoms with Crippen LogP contribution in [0, 0.1) is 0 Å². The number of hydrogen-bond donors (Lipinski definition) is 0. The van der Waals surface area contributed by atoms with Gasteiger partial charge in [0, 0.05) is 17.6 Å². The minimum absolute atomic E-state index is 0.694. The maximum Gasteiger partial charge on any atom is 0.0338 e. The van der Waals surface area contributed by atoms with Gasteiger partial charge in [0.05, 0.1) is 0 Å². The summed E-state index contributed by atoms with van der Waals surface area (Å²) in [7, 11) is 0. The SMILES string of the molecule is C=C(Cl)CN1CCCCC1C. The number of piperidine rings is 1. The standard InChI is InChI=1S/C9H16ClN/c1-8(10)7-11-6-4-3-5-9(11)2/h9H,1,3-7H2,2H3. The average molecular weight is 174 g/mol. The summed E-state index contributed by atoms with van der Waals surface area (Å²) in [6.07, 6.45) is 3.99. The molecule has 0 aromatic carbocycles. The number of likely N-dealkylation sites (tertiary alicyclic amines) is 1. The van der Waals surface area contributed by atoms with E-state index in [1.54, 1.807) is 0 Å². The Balaban J connectivity index is 2.35. The average Bonchev–Trinajstić information content (AvgIpc) is 1.93. The van der Waals surface area contributed by atoms with Crippen LogP contribution in [0.15, 0.2) is 11.6 Å². The number of hydrogen-bond acceptors (Lipinski definition) is 1. The van der Waals surface area contributed by atoms with Crippen molar-refractivity contribution in [2.75, 3.05) is 13.1 Å². The van der Waals surface area contributed by atoms with Crippen LogP contribution in [0.2, 0.25) is 0 Å². The summed E-state index contributed by atoms with van der Waals surface area (Å²) in [4.78, 5) is 2.40. The van der Waals surface area contributed by atoms with E-state index in [4.69, 9.17) is 11.6 Å². The number of nitrogens with zero attached hydrogens (tertiary/aromatic N) is 1. The molecule has 64 valence electrons. The van der Waals surface area contributed by atoms with Crippen LogP contribution in [0.25, 0.3) is 0 Å². The lowest BCUT2D eigenvalue weighted by molar-refractivity contribution is 0.177. The molecular formula is C9H16ClN. The highest BCUT2D eigenvalue weighted by atomic mass is 35.5. The number of rotatable bonds is 2. The molecule has 1 aliphatic rings. The summed E-state index contributed by atoms with van der Waals surface area (Å²) in [6, 6.07) is 0.694. The fourth-order valence-electron chi connectivity index (χ4n) is 1.61. The van der Waals surface area contributed by atoms with Crippen LogP contribution in [0.1, 0.15) is 26.2 Å². The monoisotopic (exact) mass is 173 g/mol. The predicted molar refractivity (Wildman–Crippen MR) is 49.9 cm³/mol. The smallest absolute Gasteiger partial charge is 0.0338 e. The van der Waals surface area contributed by atoms with Gasteiger partial charge in [0.25, 0.3) is 0 Å². The Hall–Kier alpha value is -0.0100. The second-order valence-electron chi connectivity index (χ2n) is 3.33. The van der Waals surface area contributed by atoms with Crippen molar-refractivity contribution in [2.45, 2.75) is 32.2 Å². The highest BCUT2D eigenvalue weighted by molar-refractivity contribution is 6.29. The molecule has 1 rings (SSSR count). The number of halogens is 1. The van der Waals surface area contributed by atoms with Crippen molar-refractivity contribution in [2.24, 2.45) is 0 Å². The molecule has 0 radical (unpaired) electrons. The van der Waals surface area contributed by atoms with Gasteiger partial charge >= 0.3 is 0 Å². The zero-order valence-electron chi connectivity index (χ0n) is 7.15. The van der Waals surface area contributed by atoms with Gasteiger partial charge in [0.2, 0.25) is 0 Å². The molecule has 1 unspecified atom stereocenters. The highest BCUT2D eigenvalue weighted by Crippen LogP contribution is 2.17. The molecule has 0 N–H and O–H groups in total. The molecule has 0 saturated carbocycles. The van der Waals surface area contributed by atoms with Crippen LogP contribution >= 0.6 is 11.6 Å². The first-order chi connectivity index (χ1) is 5.20. The normalized spacial score (nSPS) is 26.9. The van der Waals surface area contributed by atoms with Gasteiger partial charge in [-0.3, -0.25) is 4.90 Å². The first-order valence-corrected chi connectivity index (χ1v) is 4.65. The zero-order valence-corrected chi connectivity index (χ0v) is 7.90. The topological polar surface area (TPSA) is 3.24 Å². The van der Waals surface area contributed by atoms with E-state index >= 15 is 0 Å². The summed E-state index contributed by atoms with van der Waals surface area (Å²) in [5.74, 6) is 0. The summed E-state index contributed by atoms with van der Waals surface area (Å²) >= 11 is 5.74. The van der Waals surface area contributed by atoms with Gasteiger partial charge in [-0.05, 0) is 26.3 Å². The van der Waals surface area contributed by atoms with E-state index in [1.807, 2.05) is 0 Å². The van der Waals surface area contributed by atoms with Crippen molar-refractivity contribution in [1.29, 1.82) is 0 Å². The van der Waals surface area contributed by atoms with E-state index in [1.165, 1.54) is 25.8 Å². The molecule has 1 nitrogen and oxygen atoms in total. The molecule has 1 saturated heterocycles. The van der Waals surface area contributed by atoms with Crippen molar-refractivity contribution in [3.05, 3.63) is 11.6 Å². The molecule has 0 aliphatic carbocycles. The van der Waals surface area contributed by atoms with E-state index < -0.39 is 0 Å². The first kappa shape index (κ1) is 9.08. The minimum atomic E-state index is 0.694.